The van der Waals surface area contributed by atoms with E-state index >= 15 is 0 Å². The fourth-order valence-electron chi connectivity index (χ4n) is 3.44. The lowest BCUT2D eigenvalue weighted by molar-refractivity contribution is -0.0669. The van der Waals surface area contributed by atoms with Gasteiger partial charge in [0.05, 0.1) is 10.6 Å². The van der Waals surface area contributed by atoms with Crippen LogP contribution in [0.15, 0.2) is 18.2 Å². The Morgan fingerprint density at radius 3 is 2.62 bits per heavy atom. The largest absolute Gasteiger partial charge is 0.377 e. The van der Waals surface area contributed by atoms with Crippen LogP contribution in [-0.2, 0) is 11.2 Å². The zero-order valence-corrected chi connectivity index (χ0v) is 13.7. The average Bonchev–Trinajstić information content (AvgIpc) is 2.51. The molecule has 1 fully saturated rings. The first kappa shape index (κ1) is 16.7. The van der Waals surface area contributed by atoms with Gasteiger partial charge in [0.2, 0.25) is 0 Å². The van der Waals surface area contributed by atoms with Crippen molar-refractivity contribution in [2.45, 2.75) is 57.1 Å². The van der Waals surface area contributed by atoms with E-state index in [4.69, 9.17) is 16.3 Å². The number of likely N-dealkylation sites (N-methyl/N-ethyl adjacent to an activating group) is 1. The van der Waals surface area contributed by atoms with Gasteiger partial charge in [-0.15, -0.1) is 0 Å². The van der Waals surface area contributed by atoms with Crippen molar-refractivity contribution < 1.29 is 9.13 Å². The molecule has 1 saturated carbocycles. The highest BCUT2D eigenvalue weighted by molar-refractivity contribution is 6.30. The molecule has 1 unspecified atom stereocenters. The number of halogens is 2. The number of hydrogen-bond donors (Lipinski definition) is 1. The normalized spacial score (nSPS) is 19.4. The summed E-state index contributed by atoms with van der Waals surface area (Å²) in [6, 6.07) is 5.22. The molecule has 1 atom stereocenters. The van der Waals surface area contributed by atoms with Gasteiger partial charge in [-0.25, -0.2) is 4.39 Å². The second-order valence-electron chi connectivity index (χ2n) is 5.89. The Bertz CT molecular complexity index is 460. The fourth-order valence-corrected chi connectivity index (χ4v) is 3.64. The van der Waals surface area contributed by atoms with Crippen molar-refractivity contribution in [2.75, 3.05) is 13.7 Å². The smallest absolute Gasteiger partial charge is 0.141 e. The van der Waals surface area contributed by atoms with Crippen LogP contribution in [0.25, 0.3) is 0 Å². The third-order valence-corrected chi connectivity index (χ3v) is 4.91. The zero-order valence-electron chi connectivity index (χ0n) is 12.9. The number of benzene rings is 1. The van der Waals surface area contributed by atoms with Crippen molar-refractivity contribution >= 4 is 11.6 Å². The summed E-state index contributed by atoms with van der Waals surface area (Å²) in [7, 11) is 1.81. The van der Waals surface area contributed by atoms with Crippen LogP contribution in [0.3, 0.4) is 0 Å². The van der Waals surface area contributed by atoms with Gasteiger partial charge >= 0.3 is 0 Å². The Balaban J connectivity index is 2.18. The van der Waals surface area contributed by atoms with E-state index in [1.54, 1.807) is 6.07 Å². The molecule has 2 nitrogen and oxygen atoms in total. The second kappa shape index (κ2) is 7.57. The van der Waals surface area contributed by atoms with Crippen LogP contribution in [-0.4, -0.2) is 25.3 Å². The minimum absolute atomic E-state index is 0.116. The maximum Gasteiger partial charge on any atom is 0.141 e. The summed E-state index contributed by atoms with van der Waals surface area (Å²) in [6.07, 6.45) is 6.67. The van der Waals surface area contributed by atoms with E-state index < -0.39 is 0 Å². The molecule has 0 aliphatic heterocycles. The van der Waals surface area contributed by atoms with Gasteiger partial charge < -0.3 is 10.1 Å². The van der Waals surface area contributed by atoms with E-state index in [1.165, 1.54) is 25.3 Å². The lowest BCUT2D eigenvalue weighted by atomic mass is 9.77. The Labute approximate surface area is 132 Å². The molecule has 0 spiro atoms. The zero-order chi connectivity index (χ0) is 15.3. The van der Waals surface area contributed by atoms with E-state index in [9.17, 15) is 4.39 Å². The van der Waals surface area contributed by atoms with E-state index in [-0.39, 0.29) is 22.5 Å². The molecule has 0 amide bonds. The molecule has 1 aromatic rings. The molecule has 1 N–H and O–H groups in total. The van der Waals surface area contributed by atoms with Gasteiger partial charge in [-0.3, -0.25) is 0 Å². The summed E-state index contributed by atoms with van der Waals surface area (Å²) in [4.78, 5) is 0. The van der Waals surface area contributed by atoms with E-state index in [1.807, 2.05) is 13.2 Å². The van der Waals surface area contributed by atoms with Crippen molar-refractivity contribution in [3.8, 4) is 0 Å². The predicted molar refractivity (Wildman–Crippen MR) is 85.4 cm³/mol. The second-order valence-corrected chi connectivity index (χ2v) is 6.30. The molecule has 1 aliphatic rings. The van der Waals surface area contributed by atoms with E-state index in [2.05, 4.69) is 12.2 Å². The van der Waals surface area contributed by atoms with E-state index in [0.29, 0.717) is 0 Å². The van der Waals surface area contributed by atoms with Crippen LogP contribution in [0.4, 0.5) is 4.39 Å². The predicted octanol–water partition coefficient (Wildman–Crippen LogP) is 4.35. The average molecular weight is 314 g/mol. The molecule has 0 bridgehead atoms. The van der Waals surface area contributed by atoms with Crippen molar-refractivity contribution in [2.24, 2.45) is 0 Å². The van der Waals surface area contributed by atoms with Crippen LogP contribution in [0.5, 0.6) is 0 Å². The third kappa shape index (κ3) is 3.97. The molecule has 0 saturated heterocycles. The summed E-state index contributed by atoms with van der Waals surface area (Å²) >= 11 is 5.90. The molecule has 0 aromatic heterocycles. The SMILES string of the molecule is CCNC(Cc1ccc(F)c(Cl)c1)C1(OC)CCCCC1. The molecule has 118 valence electrons. The Morgan fingerprint density at radius 2 is 2.05 bits per heavy atom. The van der Waals surface area contributed by atoms with E-state index in [0.717, 1.165) is 31.4 Å². The summed E-state index contributed by atoms with van der Waals surface area (Å²) in [6.45, 7) is 3.00. The number of hydrogen-bond acceptors (Lipinski definition) is 2. The standard InChI is InChI=1S/C17H25ClFNO/c1-3-20-16(17(21-2)9-5-4-6-10-17)12-13-7-8-15(19)14(18)11-13/h7-8,11,16,20H,3-6,9-10,12H2,1-2H3. The summed E-state index contributed by atoms with van der Waals surface area (Å²) in [5.74, 6) is -0.362. The van der Waals surface area contributed by atoms with Crippen LogP contribution < -0.4 is 5.32 Å². The van der Waals surface area contributed by atoms with Gasteiger partial charge in [0.1, 0.15) is 5.82 Å². The van der Waals surface area contributed by atoms with Gasteiger partial charge in [-0.2, -0.15) is 0 Å². The maximum absolute atomic E-state index is 13.3. The number of methoxy groups -OCH3 is 1. The molecule has 1 aliphatic carbocycles. The molecular weight excluding hydrogens is 289 g/mol. The minimum atomic E-state index is -0.362. The van der Waals surface area contributed by atoms with Crippen molar-refractivity contribution in [3.63, 3.8) is 0 Å². The molecule has 2 rings (SSSR count). The number of rotatable bonds is 6. The van der Waals surface area contributed by atoms with Gasteiger partial charge in [0.25, 0.3) is 0 Å². The molecule has 0 radical (unpaired) electrons. The van der Waals surface area contributed by atoms with Crippen LogP contribution >= 0.6 is 11.6 Å². The van der Waals surface area contributed by atoms with Crippen molar-refractivity contribution in [1.29, 1.82) is 0 Å². The molecule has 21 heavy (non-hydrogen) atoms. The van der Waals surface area contributed by atoms with Gasteiger partial charge in [-0.05, 0) is 43.5 Å². The summed E-state index contributed by atoms with van der Waals surface area (Å²) in [5, 5.41) is 3.76. The van der Waals surface area contributed by atoms with Gasteiger partial charge in [-0.1, -0.05) is 43.9 Å². The third-order valence-electron chi connectivity index (χ3n) is 4.62. The first-order valence-corrected chi connectivity index (χ1v) is 8.21. The highest BCUT2D eigenvalue weighted by Gasteiger charge is 2.39. The topological polar surface area (TPSA) is 21.3 Å². The monoisotopic (exact) mass is 313 g/mol. The summed E-state index contributed by atoms with van der Waals surface area (Å²) < 4.78 is 19.3. The Morgan fingerprint density at radius 1 is 1.33 bits per heavy atom. The van der Waals surface area contributed by atoms with Gasteiger partial charge in [0.15, 0.2) is 0 Å². The van der Waals surface area contributed by atoms with Crippen LogP contribution in [0.2, 0.25) is 5.02 Å². The fraction of sp³-hybridized carbons (Fsp3) is 0.647. The first-order valence-electron chi connectivity index (χ1n) is 7.84. The molecule has 4 heteroatoms. The lowest BCUT2D eigenvalue weighted by Gasteiger charge is -2.43. The Kier molecular flexibility index (Phi) is 6.03. The maximum atomic E-state index is 13.3. The lowest BCUT2D eigenvalue weighted by Crippen LogP contribution is -2.54. The van der Waals surface area contributed by atoms with Crippen molar-refractivity contribution in [1.82, 2.24) is 5.32 Å². The highest BCUT2D eigenvalue weighted by atomic mass is 35.5. The van der Waals surface area contributed by atoms with Gasteiger partial charge in [0, 0.05) is 13.2 Å². The summed E-state index contributed by atoms with van der Waals surface area (Å²) in [5.41, 5.74) is 0.934. The molecule has 1 aromatic carbocycles. The minimum Gasteiger partial charge on any atom is -0.377 e. The number of nitrogens with one attached hydrogen (secondary N) is 1. The first-order chi connectivity index (χ1) is 10.1. The van der Waals surface area contributed by atoms with Crippen molar-refractivity contribution in [3.05, 3.63) is 34.6 Å². The molecule has 0 heterocycles. The highest BCUT2D eigenvalue weighted by Crippen LogP contribution is 2.35. The molecular formula is C17H25ClFNO. The quantitative estimate of drug-likeness (QED) is 0.843. The number of ether oxygens (including phenoxy) is 1. The van der Waals surface area contributed by atoms with Crippen LogP contribution in [0, 0.1) is 5.82 Å². The van der Waals surface area contributed by atoms with Crippen LogP contribution in [0.1, 0.15) is 44.6 Å². The Hall–Kier alpha value is -0.640.